The average molecular weight is 504 g/mol. The van der Waals surface area contributed by atoms with Crippen molar-refractivity contribution in [2.24, 2.45) is 0 Å². The summed E-state index contributed by atoms with van der Waals surface area (Å²) in [7, 11) is 0. The van der Waals surface area contributed by atoms with E-state index in [4.69, 9.17) is 0 Å². The third-order valence-electron chi connectivity index (χ3n) is 6.36. The Hall–Kier alpha value is -3.76. The number of thiophene rings is 1. The van der Waals surface area contributed by atoms with Crippen LogP contribution in [0, 0.1) is 11.6 Å². The van der Waals surface area contributed by atoms with Gasteiger partial charge in [-0.25, -0.2) is 18.7 Å². The highest BCUT2D eigenvalue weighted by molar-refractivity contribution is 7.22. The molecule has 1 unspecified atom stereocenters. The lowest BCUT2D eigenvalue weighted by molar-refractivity contribution is 0.604. The van der Waals surface area contributed by atoms with E-state index in [0.29, 0.717) is 23.9 Å². The summed E-state index contributed by atoms with van der Waals surface area (Å²) < 4.78 is 31.9. The summed E-state index contributed by atoms with van der Waals surface area (Å²) in [5.41, 5.74) is 3.13. The first-order valence-electron chi connectivity index (χ1n) is 11.8. The Morgan fingerprint density at radius 1 is 1.14 bits per heavy atom. The van der Waals surface area contributed by atoms with E-state index in [1.165, 1.54) is 23.6 Å². The van der Waals surface area contributed by atoms with Gasteiger partial charge in [0, 0.05) is 23.5 Å². The molecule has 1 atom stereocenters. The van der Waals surface area contributed by atoms with E-state index >= 15 is 0 Å². The monoisotopic (exact) mass is 503 g/mol. The minimum absolute atomic E-state index is 0.195. The number of benzene rings is 2. The van der Waals surface area contributed by atoms with Crippen molar-refractivity contribution in [3.05, 3.63) is 78.3 Å². The highest BCUT2D eigenvalue weighted by Gasteiger charge is 2.22. The van der Waals surface area contributed by atoms with Crippen LogP contribution >= 0.6 is 11.3 Å². The number of halogens is 2. The number of fused-ring (bicyclic) bond motifs is 1. The lowest BCUT2D eigenvalue weighted by Gasteiger charge is -2.17. The summed E-state index contributed by atoms with van der Waals surface area (Å²) in [6.45, 7) is 2.05. The van der Waals surface area contributed by atoms with Crippen LogP contribution in [0.5, 0.6) is 0 Å². The molecule has 1 fully saturated rings. The van der Waals surface area contributed by atoms with E-state index in [9.17, 15) is 8.78 Å². The SMILES string of the molecule is Fc1ccc(C2CCCN2)c(-c2cccc3cc(-c4nc(NCCn5ccnn5)ncc4F)sc23)c1. The number of hydrogen-bond donors (Lipinski definition) is 2. The molecular weight excluding hydrogens is 480 g/mol. The summed E-state index contributed by atoms with van der Waals surface area (Å²) in [6, 6.07) is 13.1. The quantitative estimate of drug-likeness (QED) is 0.308. The third-order valence-corrected chi connectivity index (χ3v) is 7.55. The molecule has 6 rings (SSSR count). The van der Waals surface area contributed by atoms with Crippen LogP contribution in [0.15, 0.2) is 61.1 Å². The summed E-state index contributed by atoms with van der Waals surface area (Å²) in [4.78, 5) is 9.22. The molecule has 1 saturated heterocycles. The highest BCUT2D eigenvalue weighted by atomic mass is 32.1. The van der Waals surface area contributed by atoms with Crippen molar-refractivity contribution in [2.45, 2.75) is 25.4 Å². The zero-order valence-corrected chi connectivity index (χ0v) is 20.1. The van der Waals surface area contributed by atoms with Crippen LogP contribution in [0.3, 0.4) is 0 Å². The molecule has 0 saturated carbocycles. The fraction of sp³-hybridized carbons (Fsp3) is 0.231. The maximum atomic E-state index is 14.8. The van der Waals surface area contributed by atoms with Gasteiger partial charge in [0.25, 0.3) is 0 Å². The molecule has 182 valence electrons. The highest BCUT2D eigenvalue weighted by Crippen LogP contribution is 2.42. The van der Waals surface area contributed by atoms with Crippen LogP contribution in [0.4, 0.5) is 14.7 Å². The Morgan fingerprint density at radius 2 is 2.08 bits per heavy atom. The molecule has 4 heterocycles. The topological polar surface area (TPSA) is 80.5 Å². The molecule has 7 nitrogen and oxygen atoms in total. The first kappa shape index (κ1) is 22.7. The van der Waals surface area contributed by atoms with E-state index in [-0.39, 0.29) is 17.6 Å². The lowest BCUT2D eigenvalue weighted by Crippen LogP contribution is -2.13. The van der Waals surface area contributed by atoms with Crippen molar-refractivity contribution >= 4 is 27.4 Å². The van der Waals surface area contributed by atoms with Crippen molar-refractivity contribution in [1.29, 1.82) is 0 Å². The minimum Gasteiger partial charge on any atom is -0.352 e. The number of anilines is 1. The van der Waals surface area contributed by atoms with Gasteiger partial charge in [0.05, 0.1) is 23.8 Å². The molecule has 3 aromatic heterocycles. The molecule has 0 spiro atoms. The van der Waals surface area contributed by atoms with Crippen molar-refractivity contribution in [1.82, 2.24) is 30.3 Å². The van der Waals surface area contributed by atoms with Gasteiger partial charge in [0.1, 0.15) is 11.5 Å². The van der Waals surface area contributed by atoms with E-state index in [1.807, 2.05) is 30.3 Å². The number of hydrogen-bond acceptors (Lipinski definition) is 7. The van der Waals surface area contributed by atoms with Crippen LogP contribution in [-0.2, 0) is 6.54 Å². The summed E-state index contributed by atoms with van der Waals surface area (Å²) in [6.07, 6.45) is 6.67. The molecule has 0 bridgehead atoms. The van der Waals surface area contributed by atoms with Crippen LogP contribution in [0.25, 0.3) is 31.8 Å². The predicted molar refractivity (Wildman–Crippen MR) is 137 cm³/mol. The Labute approximate surface area is 210 Å². The van der Waals surface area contributed by atoms with E-state index in [1.54, 1.807) is 23.1 Å². The second kappa shape index (κ2) is 9.71. The summed E-state index contributed by atoms with van der Waals surface area (Å²) >= 11 is 1.45. The maximum absolute atomic E-state index is 14.8. The van der Waals surface area contributed by atoms with Gasteiger partial charge in [-0.05, 0) is 59.7 Å². The van der Waals surface area contributed by atoms with Crippen LogP contribution < -0.4 is 10.6 Å². The molecule has 2 aromatic carbocycles. The van der Waals surface area contributed by atoms with Gasteiger partial charge in [-0.2, -0.15) is 0 Å². The van der Waals surface area contributed by atoms with Gasteiger partial charge in [0.15, 0.2) is 5.82 Å². The van der Waals surface area contributed by atoms with Gasteiger partial charge in [-0.1, -0.05) is 29.5 Å². The van der Waals surface area contributed by atoms with Gasteiger partial charge in [0.2, 0.25) is 5.95 Å². The minimum atomic E-state index is -0.494. The molecule has 5 aromatic rings. The average Bonchev–Trinajstić information content (AvgIpc) is 3.66. The second-order valence-electron chi connectivity index (χ2n) is 8.70. The molecule has 1 aliphatic rings. The molecule has 36 heavy (non-hydrogen) atoms. The summed E-state index contributed by atoms with van der Waals surface area (Å²) in [5, 5.41) is 15.3. The lowest BCUT2D eigenvalue weighted by atomic mass is 9.93. The Kier molecular flexibility index (Phi) is 6.12. The van der Waals surface area contributed by atoms with E-state index in [0.717, 1.165) is 46.2 Å². The van der Waals surface area contributed by atoms with Crippen molar-refractivity contribution in [2.75, 3.05) is 18.4 Å². The fourth-order valence-corrected chi connectivity index (χ4v) is 5.85. The standard InChI is InChI=1S/C26H23F2N7S/c27-17-6-7-18(22-5-2-8-29-22)20(14-17)19-4-1-3-16-13-23(36-25(16)19)24-21(28)15-31-26(33-24)30-9-11-35-12-10-32-34-35/h1,3-4,6-7,10,12-15,22,29H,2,5,8-9,11H2,(H,30,31,33). The molecule has 0 aliphatic carbocycles. The van der Waals surface area contributed by atoms with Crippen molar-refractivity contribution < 1.29 is 8.78 Å². The number of nitrogens with zero attached hydrogens (tertiary/aromatic N) is 5. The Bertz CT molecular complexity index is 1510. The first-order valence-corrected chi connectivity index (χ1v) is 12.6. The predicted octanol–water partition coefficient (Wildman–Crippen LogP) is 5.43. The third kappa shape index (κ3) is 4.45. The van der Waals surface area contributed by atoms with Crippen LogP contribution in [0.1, 0.15) is 24.4 Å². The van der Waals surface area contributed by atoms with Gasteiger partial charge >= 0.3 is 0 Å². The number of nitrogens with one attached hydrogen (secondary N) is 2. The van der Waals surface area contributed by atoms with Crippen LogP contribution in [-0.4, -0.2) is 38.1 Å². The first-order chi connectivity index (χ1) is 17.7. The zero-order chi connectivity index (χ0) is 24.5. The number of rotatable bonds is 7. The molecule has 2 N–H and O–H groups in total. The van der Waals surface area contributed by atoms with Crippen LogP contribution in [0.2, 0.25) is 0 Å². The smallest absolute Gasteiger partial charge is 0.223 e. The van der Waals surface area contributed by atoms with E-state index < -0.39 is 5.82 Å². The molecule has 10 heteroatoms. The molecular formula is C26H23F2N7S. The Balaban J connectivity index is 1.35. The number of aromatic nitrogens is 5. The molecule has 0 amide bonds. The van der Waals surface area contributed by atoms with Gasteiger partial charge in [-0.3, -0.25) is 4.68 Å². The molecule has 1 aliphatic heterocycles. The Morgan fingerprint density at radius 3 is 2.92 bits per heavy atom. The summed E-state index contributed by atoms with van der Waals surface area (Å²) in [5.74, 6) is -0.431. The normalized spacial score (nSPS) is 15.6. The molecule has 0 radical (unpaired) electrons. The largest absolute Gasteiger partial charge is 0.352 e. The van der Waals surface area contributed by atoms with Crippen molar-refractivity contribution in [3.63, 3.8) is 0 Å². The zero-order valence-electron chi connectivity index (χ0n) is 19.3. The van der Waals surface area contributed by atoms with Gasteiger partial charge < -0.3 is 10.6 Å². The van der Waals surface area contributed by atoms with Gasteiger partial charge in [-0.15, -0.1) is 16.4 Å². The maximum Gasteiger partial charge on any atom is 0.223 e. The van der Waals surface area contributed by atoms with E-state index in [2.05, 4.69) is 30.9 Å². The van der Waals surface area contributed by atoms with Crippen molar-refractivity contribution in [3.8, 4) is 21.7 Å². The second-order valence-corrected chi connectivity index (χ2v) is 9.75. The fourth-order valence-electron chi connectivity index (χ4n) is 4.67.